The van der Waals surface area contributed by atoms with Crippen molar-refractivity contribution in [2.45, 2.75) is 6.54 Å². The van der Waals surface area contributed by atoms with E-state index in [4.69, 9.17) is 17.3 Å². The van der Waals surface area contributed by atoms with E-state index >= 15 is 0 Å². The van der Waals surface area contributed by atoms with Crippen LogP contribution in [-0.4, -0.2) is 26.0 Å². The Kier molecular flexibility index (Phi) is 3.84. The Morgan fingerprint density at radius 3 is 2.59 bits per heavy atom. The molecule has 0 amide bonds. The minimum atomic E-state index is -0.123. The van der Waals surface area contributed by atoms with Crippen LogP contribution < -0.4 is 5.73 Å². The number of aromatic nitrogens is 4. The summed E-state index contributed by atoms with van der Waals surface area (Å²) in [6.45, 7) is 0.00136. The van der Waals surface area contributed by atoms with E-state index in [1.807, 2.05) is 12.1 Å². The number of tetrazole rings is 1. The number of para-hydroxylation sites is 1. The van der Waals surface area contributed by atoms with Gasteiger partial charge in [-0.1, -0.05) is 23.7 Å². The Bertz CT molecular complexity index is 813. The molecular formula is C15H12ClN5O. The highest BCUT2D eigenvalue weighted by molar-refractivity contribution is 6.30. The van der Waals surface area contributed by atoms with Gasteiger partial charge in [0.2, 0.25) is 5.82 Å². The van der Waals surface area contributed by atoms with Crippen LogP contribution in [0.4, 0.5) is 5.69 Å². The maximum atomic E-state index is 12.1. The number of nitrogen functional groups attached to an aromatic ring is 1. The Labute approximate surface area is 131 Å². The summed E-state index contributed by atoms with van der Waals surface area (Å²) in [7, 11) is 0. The molecule has 0 fully saturated rings. The van der Waals surface area contributed by atoms with Crippen LogP contribution in [0.15, 0.2) is 48.5 Å². The van der Waals surface area contributed by atoms with Gasteiger partial charge in [-0.05, 0) is 41.6 Å². The number of nitrogens with two attached hydrogens (primary N) is 1. The largest absolute Gasteiger partial charge is 0.398 e. The second-order valence-electron chi connectivity index (χ2n) is 4.66. The maximum absolute atomic E-state index is 12.1. The van der Waals surface area contributed by atoms with Crippen molar-refractivity contribution in [2.24, 2.45) is 0 Å². The van der Waals surface area contributed by atoms with Crippen LogP contribution in [0.25, 0.3) is 11.4 Å². The predicted molar refractivity (Wildman–Crippen MR) is 83.4 cm³/mol. The molecule has 2 aromatic carbocycles. The topological polar surface area (TPSA) is 86.7 Å². The molecule has 0 saturated carbocycles. The van der Waals surface area contributed by atoms with Crippen molar-refractivity contribution < 1.29 is 4.79 Å². The molecule has 2 N–H and O–H groups in total. The van der Waals surface area contributed by atoms with Crippen molar-refractivity contribution in [3.8, 4) is 11.4 Å². The molecule has 110 valence electrons. The standard InChI is InChI=1S/C15H12ClN5O/c16-11-7-5-10(6-8-11)14(22)9-21-19-15(18-20-21)12-3-1-2-4-13(12)17/h1-8H,9,17H2. The molecular weight excluding hydrogens is 302 g/mol. The summed E-state index contributed by atoms with van der Waals surface area (Å²) in [5, 5.41) is 12.6. The first-order chi connectivity index (χ1) is 10.6. The van der Waals surface area contributed by atoms with Crippen LogP contribution in [-0.2, 0) is 6.54 Å². The lowest BCUT2D eigenvalue weighted by Crippen LogP contribution is -2.13. The second kappa shape index (κ2) is 5.95. The summed E-state index contributed by atoms with van der Waals surface area (Å²) in [5.41, 5.74) is 7.66. The number of hydrogen-bond donors (Lipinski definition) is 1. The van der Waals surface area contributed by atoms with E-state index in [0.29, 0.717) is 27.7 Å². The van der Waals surface area contributed by atoms with Crippen LogP contribution >= 0.6 is 11.6 Å². The van der Waals surface area contributed by atoms with Crippen molar-refractivity contribution in [1.29, 1.82) is 0 Å². The average Bonchev–Trinajstić information content (AvgIpc) is 2.96. The van der Waals surface area contributed by atoms with E-state index < -0.39 is 0 Å². The van der Waals surface area contributed by atoms with E-state index in [0.717, 1.165) is 0 Å². The molecule has 0 aliphatic carbocycles. The summed E-state index contributed by atoms with van der Waals surface area (Å²) < 4.78 is 0. The molecule has 6 nitrogen and oxygen atoms in total. The lowest BCUT2D eigenvalue weighted by Gasteiger charge is -2.00. The number of nitrogens with zero attached hydrogens (tertiary/aromatic N) is 4. The zero-order valence-corrected chi connectivity index (χ0v) is 12.2. The Hall–Kier alpha value is -2.73. The molecule has 3 rings (SSSR count). The van der Waals surface area contributed by atoms with Gasteiger partial charge in [-0.15, -0.1) is 10.2 Å². The first kappa shape index (κ1) is 14.2. The third-order valence-corrected chi connectivity index (χ3v) is 3.36. The summed E-state index contributed by atoms with van der Waals surface area (Å²) >= 11 is 5.80. The smallest absolute Gasteiger partial charge is 0.207 e. The van der Waals surface area contributed by atoms with Gasteiger partial charge in [-0.3, -0.25) is 4.79 Å². The molecule has 0 aliphatic heterocycles. The Balaban J connectivity index is 1.78. The number of anilines is 1. The summed E-state index contributed by atoms with van der Waals surface area (Å²) in [5.74, 6) is 0.267. The third kappa shape index (κ3) is 2.96. The van der Waals surface area contributed by atoms with Crippen molar-refractivity contribution in [1.82, 2.24) is 20.2 Å². The fraction of sp³-hybridized carbons (Fsp3) is 0.0667. The summed E-state index contributed by atoms with van der Waals surface area (Å²) in [6.07, 6.45) is 0. The molecule has 0 bridgehead atoms. The molecule has 0 aliphatic rings. The Morgan fingerprint density at radius 1 is 1.14 bits per heavy atom. The number of hydrogen-bond acceptors (Lipinski definition) is 5. The van der Waals surface area contributed by atoms with Crippen molar-refractivity contribution in [3.05, 3.63) is 59.1 Å². The molecule has 22 heavy (non-hydrogen) atoms. The molecule has 0 unspecified atom stereocenters. The van der Waals surface area contributed by atoms with Gasteiger partial charge in [0.1, 0.15) is 6.54 Å². The van der Waals surface area contributed by atoms with Crippen LogP contribution in [0, 0.1) is 0 Å². The molecule has 3 aromatic rings. The normalized spacial score (nSPS) is 10.6. The average molecular weight is 314 g/mol. The number of carbonyl (C=O) groups excluding carboxylic acids is 1. The van der Waals surface area contributed by atoms with Gasteiger partial charge in [0, 0.05) is 21.8 Å². The van der Waals surface area contributed by atoms with Gasteiger partial charge in [0.15, 0.2) is 5.78 Å². The molecule has 0 spiro atoms. The van der Waals surface area contributed by atoms with E-state index in [2.05, 4.69) is 15.4 Å². The fourth-order valence-electron chi connectivity index (χ4n) is 1.97. The van der Waals surface area contributed by atoms with Gasteiger partial charge in [-0.2, -0.15) is 4.80 Å². The third-order valence-electron chi connectivity index (χ3n) is 3.11. The van der Waals surface area contributed by atoms with E-state index in [1.165, 1.54) is 4.80 Å². The minimum absolute atomic E-state index is 0.00136. The number of Topliss-reactive ketones (excluding diaryl/α,β-unsaturated/α-hetero) is 1. The molecule has 1 aromatic heterocycles. The van der Waals surface area contributed by atoms with Crippen molar-refractivity contribution in [2.75, 3.05) is 5.73 Å². The molecule has 0 radical (unpaired) electrons. The number of carbonyl (C=O) groups is 1. The molecule has 7 heteroatoms. The van der Waals surface area contributed by atoms with Crippen LogP contribution in [0.5, 0.6) is 0 Å². The number of halogens is 1. The lowest BCUT2D eigenvalue weighted by atomic mass is 10.1. The highest BCUT2D eigenvalue weighted by Gasteiger charge is 2.12. The van der Waals surface area contributed by atoms with Crippen molar-refractivity contribution >= 4 is 23.1 Å². The van der Waals surface area contributed by atoms with Gasteiger partial charge in [-0.25, -0.2) is 0 Å². The number of benzene rings is 2. The van der Waals surface area contributed by atoms with E-state index in [1.54, 1.807) is 36.4 Å². The minimum Gasteiger partial charge on any atom is -0.398 e. The zero-order chi connectivity index (χ0) is 15.5. The van der Waals surface area contributed by atoms with Gasteiger partial charge in [0.05, 0.1) is 0 Å². The lowest BCUT2D eigenvalue weighted by molar-refractivity contribution is 0.0961. The van der Waals surface area contributed by atoms with Crippen LogP contribution in [0.2, 0.25) is 5.02 Å². The second-order valence-corrected chi connectivity index (χ2v) is 5.10. The number of ketones is 1. The van der Waals surface area contributed by atoms with Crippen LogP contribution in [0.3, 0.4) is 0 Å². The van der Waals surface area contributed by atoms with E-state index in [9.17, 15) is 4.79 Å². The SMILES string of the molecule is Nc1ccccc1-c1nnn(CC(=O)c2ccc(Cl)cc2)n1. The summed E-state index contributed by atoms with van der Waals surface area (Å²) in [4.78, 5) is 13.4. The first-order valence-electron chi connectivity index (χ1n) is 6.55. The van der Waals surface area contributed by atoms with Crippen molar-refractivity contribution in [3.63, 3.8) is 0 Å². The molecule has 0 saturated heterocycles. The highest BCUT2D eigenvalue weighted by atomic mass is 35.5. The quantitative estimate of drug-likeness (QED) is 0.590. The zero-order valence-electron chi connectivity index (χ0n) is 11.5. The first-order valence-corrected chi connectivity index (χ1v) is 6.93. The number of rotatable bonds is 4. The summed E-state index contributed by atoms with van der Waals surface area (Å²) in [6, 6.07) is 13.9. The van der Waals surface area contributed by atoms with Crippen LogP contribution in [0.1, 0.15) is 10.4 Å². The molecule has 0 atom stereocenters. The van der Waals surface area contributed by atoms with Gasteiger partial charge < -0.3 is 5.73 Å². The Morgan fingerprint density at radius 2 is 1.86 bits per heavy atom. The predicted octanol–water partition coefficient (Wildman–Crippen LogP) is 2.46. The maximum Gasteiger partial charge on any atom is 0.207 e. The van der Waals surface area contributed by atoms with Gasteiger partial charge >= 0.3 is 0 Å². The highest BCUT2D eigenvalue weighted by Crippen LogP contribution is 2.20. The van der Waals surface area contributed by atoms with E-state index in [-0.39, 0.29) is 12.3 Å². The molecule has 1 heterocycles. The fourth-order valence-corrected chi connectivity index (χ4v) is 2.10. The monoisotopic (exact) mass is 313 g/mol. The van der Waals surface area contributed by atoms with Gasteiger partial charge in [0.25, 0.3) is 0 Å².